The van der Waals surface area contributed by atoms with E-state index in [1.54, 1.807) is 0 Å². The molecule has 0 unspecified atom stereocenters. The molecule has 3 heteroatoms. The Morgan fingerprint density at radius 1 is 1.43 bits per heavy atom. The lowest BCUT2D eigenvalue weighted by molar-refractivity contribution is 0.163. The minimum absolute atomic E-state index is 0.447. The summed E-state index contributed by atoms with van der Waals surface area (Å²) in [5, 5.41) is 8.71. The summed E-state index contributed by atoms with van der Waals surface area (Å²) in [5.74, 6) is 0. The molecule has 0 atom stereocenters. The summed E-state index contributed by atoms with van der Waals surface area (Å²) < 4.78 is 0. The zero-order valence-corrected chi connectivity index (χ0v) is 7.89. The lowest BCUT2D eigenvalue weighted by atomic mass is 10.1. The van der Waals surface area contributed by atoms with Gasteiger partial charge in [-0.1, -0.05) is 36.9 Å². The van der Waals surface area contributed by atoms with Crippen molar-refractivity contribution in [3.63, 3.8) is 0 Å². The van der Waals surface area contributed by atoms with Crippen LogP contribution < -0.4 is 0 Å². The van der Waals surface area contributed by atoms with Crippen LogP contribution in [0.15, 0.2) is 43.1 Å². The van der Waals surface area contributed by atoms with Crippen LogP contribution in [0.3, 0.4) is 0 Å². The molecule has 0 bridgehead atoms. The number of amides is 1. The molecule has 0 aliphatic heterocycles. The van der Waals surface area contributed by atoms with Gasteiger partial charge in [0.1, 0.15) is 0 Å². The number of rotatable bonds is 4. The topological polar surface area (TPSA) is 40.5 Å². The van der Waals surface area contributed by atoms with E-state index in [1.165, 1.54) is 11.1 Å². The first-order valence-corrected chi connectivity index (χ1v) is 4.40. The van der Waals surface area contributed by atoms with E-state index >= 15 is 0 Å². The predicted octanol–water partition coefficient (Wildman–Crippen LogP) is 2.35. The first kappa shape index (κ1) is 10.3. The SMILES string of the molecule is C=CN(CCc1ccccc1)C(=O)O. The van der Waals surface area contributed by atoms with Crippen LogP contribution in [0.2, 0.25) is 0 Å². The van der Waals surface area contributed by atoms with Crippen LogP contribution in [0.25, 0.3) is 0 Å². The van der Waals surface area contributed by atoms with Crippen LogP contribution >= 0.6 is 0 Å². The Kier molecular flexibility index (Phi) is 3.73. The van der Waals surface area contributed by atoms with Gasteiger partial charge in [-0.2, -0.15) is 0 Å². The molecule has 0 spiro atoms. The molecule has 1 amide bonds. The Morgan fingerprint density at radius 2 is 2.07 bits per heavy atom. The molecule has 1 rings (SSSR count). The third-order valence-corrected chi connectivity index (χ3v) is 1.95. The van der Waals surface area contributed by atoms with Gasteiger partial charge in [0.15, 0.2) is 0 Å². The summed E-state index contributed by atoms with van der Waals surface area (Å²) in [6.07, 6.45) is 1.07. The molecule has 1 aromatic carbocycles. The Bertz CT molecular complexity index is 308. The molecule has 14 heavy (non-hydrogen) atoms. The second-order valence-corrected chi connectivity index (χ2v) is 2.89. The fourth-order valence-corrected chi connectivity index (χ4v) is 1.16. The van der Waals surface area contributed by atoms with Crippen molar-refractivity contribution < 1.29 is 9.90 Å². The van der Waals surface area contributed by atoms with Gasteiger partial charge in [-0.3, -0.25) is 4.90 Å². The Labute approximate surface area is 83.3 Å². The number of nitrogens with zero attached hydrogens (tertiary/aromatic N) is 1. The van der Waals surface area contributed by atoms with Gasteiger partial charge < -0.3 is 5.11 Å². The van der Waals surface area contributed by atoms with Crippen molar-refractivity contribution in [3.8, 4) is 0 Å². The summed E-state index contributed by atoms with van der Waals surface area (Å²) in [6.45, 7) is 3.89. The van der Waals surface area contributed by atoms with Crippen molar-refractivity contribution in [2.45, 2.75) is 6.42 Å². The second-order valence-electron chi connectivity index (χ2n) is 2.89. The van der Waals surface area contributed by atoms with Crippen LogP contribution in [0.1, 0.15) is 5.56 Å². The number of hydrogen-bond donors (Lipinski definition) is 1. The Hall–Kier alpha value is -1.77. The van der Waals surface area contributed by atoms with Crippen LogP contribution in [0.4, 0.5) is 4.79 Å². The standard InChI is InChI=1S/C11H13NO2/c1-2-12(11(13)14)9-8-10-6-4-3-5-7-10/h2-7H,1,8-9H2,(H,13,14). The van der Waals surface area contributed by atoms with E-state index in [9.17, 15) is 4.79 Å². The molecule has 0 fully saturated rings. The number of carboxylic acid groups (broad SMARTS) is 1. The second kappa shape index (κ2) is 5.07. The summed E-state index contributed by atoms with van der Waals surface area (Å²) in [5.41, 5.74) is 1.13. The molecule has 0 aliphatic rings. The maximum atomic E-state index is 10.6. The normalized spacial score (nSPS) is 9.43. The Morgan fingerprint density at radius 3 is 2.57 bits per heavy atom. The third kappa shape index (κ3) is 2.94. The van der Waals surface area contributed by atoms with E-state index < -0.39 is 6.09 Å². The van der Waals surface area contributed by atoms with Gasteiger partial charge in [0, 0.05) is 12.7 Å². The van der Waals surface area contributed by atoms with Crippen LogP contribution in [0.5, 0.6) is 0 Å². The minimum atomic E-state index is -0.962. The average molecular weight is 191 g/mol. The van der Waals surface area contributed by atoms with Gasteiger partial charge in [-0.05, 0) is 12.0 Å². The molecule has 1 N–H and O–H groups in total. The van der Waals surface area contributed by atoms with Gasteiger partial charge >= 0.3 is 6.09 Å². The first-order chi connectivity index (χ1) is 6.74. The first-order valence-electron chi connectivity index (χ1n) is 4.40. The van der Waals surface area contributed by atoms with Gasteiger partial charge in [-0.25, -0.2) is 4.79 Å². The van der Waals surface area contributed by atoms with Gasteiger partial charge in [-0.15, -0.1) is 0 Å². The van der Waals surface area contributed by atoms with Crippen molar-refractivity contribution in [3.05, 3.63) is 48.7 Å². The van der Waals surface area contributed by atoms with Crippen molar-refractivity contribution in [1.82, 2.24) is 4.90 Å². The van der Waals surface area contributed by atoms with Crippen molar-refractivity contribution in [2.24, 2.45) is 0 Å². The lowest BCUT2D eigenvalue weighted by Gasteiger charge is -2.13. The zero-order chi connectivity index (χ0) is 10.4. The lowest BCUT2D eigenvalue weighted by Crippen LogP contribution is -2.25. The molecule has 3 nitrogen and oxygen atoms in total. The molecule has 0 radical (unpaired) electrons. The fraction of sp³-hybridized carbons (Fsp3) is 0.182. The molecular formula is C11H13NO2. The van der Waals surface area contributed by atoms with Crippen molar-refractivity contribution in [1.29, 1.82) is 0 Å². The monoisotopic (exact) mass is 191 g/mol. The zero-order valence-electron chi connectivity index (χ0n) is 7.89. The van der Waals surface area contributed by atoms with E-state index in [0.29, 0.717) is 13.0 Å². The number of carbonyl (C=O) groups is 1. The third-order valence-electron chi connectivity index (χ3n) is 1.95. The maximum absolute atomic E-state index is 10.6. The number of benzene rings is 1. The maximum Gasteiger partial charge on any atom is 0.411 e. The van der Waals surface area contributed by atoms with Crippen LogP contribution in [-0.2, 0) is 6.42 Å². The van der Waals surface area contributed by atoms with Gasteiger partial charge in [0.05, 0.1) is 0 Å². The fourth-order valence-electron chi connectivity index (χ4n) is 1.16. The molecule has 74 valence electrons. The Balaban J connectivity index is 2.47. The molecule has 0 aliphatic carbocycles. The summed E-state index contributed by atoms with van der Waals surface area (Å²) in [7, 11) is 0. The molecule has 0 saturated heterocycles. The highest BCUT2D eigenvalue weighted by Crippen LogP contribution is 2.01. The van der Waals surface area contributed by atoms with E-state index in [4.69, 9.17) is 5.11 Å². The van der Waals surface area contributed by atoms with Gasteiger partial charge in [0.2, 0.25) is 0 Å². The summed E-state index contributed by atoms with van der Waals surface area (Å²) in [4.78, 5) is 11.8. The average Bonchev–Trinajstić information content (AvgIpc) is 2.20. The van der Waals surface area contributed by atoms with Crippen molar-refractivity contribution in [2.75, 3.05) is 6.54 Å². The van der Waals surface area contributed by atoms with E-state index in [-0.39, 0.29) is 0 Å². The van der Waals surface area contributed by atoms with Gasteiger partial charge in [0.25, 0.3) is 0 Å². The number of hydrogen-bond acceptors (Lipinski definition) is 1. The summed E-state index contributed by atoms with van der Waals surface area (Å²) in [6, 6.07) is 9.76. The highest BCUT2D eigenvalue weighted by Gasteiger charge is 2.06. The predicted molar refractivity (Wildman–Crippen MR) is 55.1 cm³/mol. The molecule has 1 aromatic rings. The molecular weight excluding hydrogens is 178 g/mol. The quantitative estimate of drug-likeness (QED) is 0.793. The highest BCUT2D eigenvalue weighted by atomic mass is 16.4. The summed E-state index contributed by atoms with van der Waals surface area (Å²) >= 11 is 0. The smallest absolute Gasteiger partial charge is 0.411 e. The van der Waals surface area contributed by atoms with Crippen molar-refractivity contribution >= 4 is 6.09 Å². The van der Waals surface area contributed by atoms with E-state index in [2.05, 4.69) is 6.58 Å². The largest absolute Gasteiger partial charge is 0.465 e. The molecule has 0 aromatic heterocycles. The van der Waals surface area contributed by atoms with Crippen LogP contribution in [0, 0.1) is 0 Å². The molecule has 0 saturated carbocycles. The minimum Gasteiger partial charge on any atom is -0.465 e. The van der Waals surface area contributed by atoms with E-state index in [0.717, 1.165) is 5.56 Å². The van der Waals surface area contributed by atoms with Crippen LogP contribution in [-0.4, -0.2) is 22.6 Å². The van der Waals surface area contributed by atoms with E-state index in [1.807, 2.05) is 30.3 Å². The highest BCUT2D eigenvalue weighted by molar-refractivity contribution is 5.66. The molecule has 0 heterocycles.